The van der Waals surface area contributed by atoms with Crippen LogP contribution in [0.3, 0.4) is 0 Å². The fraction of sp³-hybridized carbons (Fsp3) is 0.222. The predicted molar refractivity (Wildman–Crippen MR) is 98.2 cm³/mol. The molecule has 0 aliphatic rings. The van der Waals surface area contributed by atoms with Gasteiger partial charge >= 0.3 is 0 Å². The minimum atomic E-state index is -0.444. The van der Waals surface area contributed by atoms with Crippen LogP contribution in [0.15, 0.2) is 49.1 Å². The van der Waals surface area contributed by atoms with Crippen LogP contribution in [0.5, 0.6) is 0 Å². The Hall–Kier alpha value is -3.82. The molecule has 10 nitrogen and oxygen atoms in total. The van der Waals surface area contributed by atoms with Gasteiger partial charge < -0.3 is 0 Å². The first kappa shape index (κ1) is 20.5. The quantitative estimate of drug-likeness (QED) is 0.398. The topological polar surface area (TPSA) is 142 Å². The molecule has 0 aliphatic carbocycles. The zero-order valence-electron chi connectivity index (χ0n) is 15.0. The highest BCUT2D eigenvalue weighted by Crippen LogP contribution is 2.00. The van der Waals surface area contributed by atoms with Crippen molar-refractivity contribution in [1.82, 2.24) is 31.7 Å². The Balaban J connectivity index is 1.55. The molecule has 0 fully saturated rings. The van der Waals surface area contributed by atoms with E-state index in [1.807, 2.05) is 0 Å². The molecule has 4 amide bonds. The fourth-order valence-corrected chi connectivity index (χ4v) is 2.10. The maximum Gasteiger partial charge on any atom is 0.269 e. The van der Waals surface area contributed by atoms with E-state index in [4.69, 9.17) is 0 Å². The number of hydrogen-bond donors (Lipinski definition) is 4. The summed E-state index contributed by atoms with van der Waals surface area (Å²) in [5.74, 6) is -1.62. The van der Waals surface area contributed by atoms with Crippen molar-refractivity contribution in [3.8, 4) is 0 Å². The first-order chi connectivity index (χ1) is 13.6. The molecule has 0 saturated carbocycles. The molecule has 0 saturated heterocycles. The monoisotopic (exact) mass is 384 g/mol. The van der Waals surface area contributed by atoms with Gasteiger partial charge in [-0.3, -0.25) is 50.8 Å². The zero-order chi connectivity index (χ0) is 20.2. The Bertz CT molecular complexity index is 744. The third-order valence-corrected chi connectivity index (χ3v) is 3.57. The van der Waals surface area contributed by atoms with Gasteiger partial charge in [0, 0.05) is 48.8 Å². The van der Waals surface area contributed by atoms with E-state index >= 15 is 0 Å². The standard InChI is InChI=1S/C18H20N6O4/c25-15(21-23-17(27)13-5-9-19-10-6-13)3-1-2-4-16(26)22-24-18(28)14-7-11-20-12-8-14/h5-12H,1-4H2,(H,21,25)(H,22,26)(H,23,27)(H,24,28). The Morgan fingerprint density at radius 2 is 0.964 bits per heavy atom. The number of aromatic nitrogens is 2. The van der Waals surface area contributed by atoms with Crippen LogP contribution in [0.25, 0.3) is 0 Å². The maximum absolute atomic E-state index is 11.8. The van der Waals surface area contributed by atoms with Gasteiger partial charge in [-0.25, -0.2) is 0 Å². The first-order valence-electron chi connectivity index (χ1n) is 8.54. The third-order valence-electron chi connectivity index (χ3n) is 3.57. The van der Waals surface area contributed by atoms with E-state index in [1.165, 1.54) is 49.1 Å². The van der Waals surface area contributed by atoms with Gasteiger partial charge in [0.2, 0.25) is 11.8 Å². The van der Waals surface area contributed by atoms with E-state index < -0.39 is 11.8 Å². The summed E-state index contributed by atoms with van der Waals surface area (Å²) in [5, 5.41) is 0. The van der Waals surface area contributed by atoms with Crippen molar-refractivity contribution >= 4 is 23.6 Å². The Kier molecular flexibility index (Phi) is 8.06. The maximum atomic E-state index is 11.8. The summed E-state index contributed by atoms with van der Waals surface area (Å²) in [6, 6.07) is 6.09. The average Bonchev–Trinajstić information content (AvgIpc) is 2.74. The molecule has 146 valence electrons. The van der Waals surface area contributed by atoms with Crippen LogP contribution in [0, 0.1) is 0 Å². The predicted octanol–water partition coefficient (Wildman–Crippen LogP) is 0.259. The number of carbonyl (C=O) groups is 4. The number of hydrogen-bond acceptors (Lipinski definition) is 6. The highest BCUT2D eigenvalue weighted by molar-refractivity contribution is 5.95. The zero-order valence-corrected chi connectivity index (χ0v) is 15.0. The smallest absolute Gasteiger partial charge is 0.269 e. The lowest BCUT2D eigenvalue weighted by Crippen LogP contribution is -2.42. The van der Waals surface area contributed by atoms with Gasteiger partial charge in [-0.15, -0.1) is 0 Å². The second-order valence-electron chi connectivity index (χ2n) is 5.68. The summed E-state index contributed by atoms with van der Waals surface area (Å²) in [6.07, 6.45) is 7.08. The molecule has 2 rings (SSSR count). The van der Waals surface area contributed by atoms with Gasteiger partial charge in [0.05, 0.1) is 0 Å². The fourth-order valence-electron chi connectivity index (χ4n) is 2.10. The van der Waals surface area contributed by atoms with Crippen molar-refractivity contribution in [2.24, 2.45) is 0 Å². The molecule has 2 aromatic heterocycles. The van der Waals surface area contributed by atoms with E-state index in [9.17, 15) is 19.2 Å². The van der Waals surface area contributed by atoms with E-state index in [0.29, 0.717) is 24.0 Å². The molecular formula is C18H20N6O4. The van der Waals surface area contributed by atoms with Crippen molar-refractivity contribution in [1.29, 1.82) is 0 Å². The van der Waals surface area contributed by atoms with Crippen LogP contribution in [0.1, 0.15) is 46.4 Å². The summed E-state index contributed by atoms with van der Waals surface area (Å²) >= 11 is 0. The second-order valence-corrected chi connectivity index (χ2v) is 5.68. The van der Waals surface area contributed by atoms with Crippen molar-refractivity contribution in [2.45, 2.75) is 25.7 Å². The third kappa shape index (κ3) is 7.20. The van der Waals surface area contributed by atoms with Crippen molar-refractivity contribution in [2.75, 3.05) is 0 Å². The van der Waals surface area contributed by atoms with E-state index in [2.05, 4.69) is 31.7 Å². The molecule has 4 N–H and O–H groups in total. The normalized spacial score (nSPS) is 9.86. The molecule has 28 heavy (non-hydrogen) atoms. The number of nitrogens with one attached hydrogen (secondary N) is 4. The van der Waals surface area contributed by atoms with Crippen molar-refractivity contribution in [3.05, 3.63) is 60.2 Å². The molecule has 0 spiro atoms. The van der Waals surface area contributed by atoms with Crippen LogP contribution in [-0.2, 0) is 9.59 Å². The minimum absolute atomic E-state index is 0.146. The highest BCUT2D eigenvalue weighted by Gasteiger charge is 2.09. The Morgan fingerprint density at radius 3 is 1.32 bits per heavy atom. The SMILES string of the molecule is O=C(CCCCC(=O)NNC(=O)c1ccncc1)NNC(=O)c1ccncc1. The largest absolute Gasteiger partial charge is 0.273 e. The van der Waals surface area contributed by atoms with Crippen LogP contribution in [-0.4, -0.2) is 33.6 Å². The van der Waals surface area contributed by atoms with E-state index in [0.717, 1.165) is 0 Å². The van der Waals surface area contributed by atoms with Gasteiger partial charge in [-0.2, -0.15) is 0 Å². The minimum Gasteiger partial charge on any atom is -0.273 e. The molecule has 0 atom stereocenters. The van der Waals surface area contributed by atoms with E-state index in [1.54, 1.807) is 0 Å². The average molecular weight is 384 g/mol. The van der Waals surface area contributed by atoms with Crippen LogP contribution in [0.4, 0.5) is 0 Å². The van der Waals surface area contributed by atoms with Gasteiger partial charge in [0.25, 0.3) is 11.8 Å². The van der Waals surface area contributed by atoms with E-state index in [-0.39, 0.29) is 24.7 Å². The molecule has 0 bridgehead atoms. The summed E-state index contributed by atoms with van der Waals surface area (Å²) in [4.78, 5) is 54.5. The molecule has 0 radical (unpaired) electrons. The van der Waals surface area contributed by atoms with Crippen LogP contribution >= 0.6 is 0 Å². The highest BCUT2D eigenvalue weighted by atomic mass is 16.2. The lowest BCUT2D eigenvalue weighted by atomic mass is 10.2. The number of unbranched alkanes of at least 4 members (excludes halogenated alkanes) is 1. The molecule has 0 aromatic carbocycles. The number of hydrazine groups is 2. The lowest BCUT2D eigenvalue weighted by Gasteiger charge is -2.08. The van der Waals surface area contributed by atoms with Crippen molar-refractivity contribution < 1.29 is 19.2 Å². The first-order valence-corrected chi connectivity index (χ1v) is 8.54. The van der Waals surface area contributed by atoms with Gasteiger partial charge in [0.15, 0.2) is 0 Å². The van der Waals surface area contributed by atoms with Crippen molar-refractivity contribution in [3.63, 3.8) is 0 Å². The number of carbonyl (C=O) groups excluding carboxylic acids is 4. The summed E-state index contributed by atoms with van der Waals surface area (Å²) < 4.78 is 0. The lowest BCUT2D eigenvalue weighted by molar-refractivity contribution is -0.123. The summed E-state index contributed by atoms with van der Waals surface area (Å²) in [6.45, 7) is 0. The summed E-state index contributed by atoms with van der Waals surface area (Å²) in [5.41, 5.74) is 9.96. The van der Waals surface area contributed by atoms with Crippen LogP contribution in [0.2, 0.25) is 0 Å². The van der Waals surface area contributed by atoms with Gasteiger partial charge in [-0.05, 0) is 37.1 Å². The molecular weight excluding hydrogens is 364 g/mol. The Labute approximate surface area is 161 Å². The molecule has 10 heteroatoms. The number of rotatable bonds is 7. The van der Waals surface area contributed by atoms with Gasteiger partial charge in [-0.1, -0.05) is 0 Å². The van der Waals surface area contributed by atoms with Crippen LogP contribution < -0.4 is 21.7 Å². The molecule has 2 heterocycles. The molecule has 2 aromatic rings. The Morgan fingerprint density at radius 1 is 0.607 bits per heavy atom. The number of nitrogens with zero attached hydrogens (tertiary/aromatic N) is 2. The molecule has 0 aliphatic heterocycles. The summed E-state index contributed by atoms with van der Waals surface area (Å²) in [7, 11) is 0. The van der Waals surface area contributed by atoms with Gasteiger partial charge in [0.1, 0.15) is 0 Å². The number of pyridine rings is 2. The second kappa shape index (κ2) is 11.0. The number of amides is 4. The molecule has 0 unspecified atom stereocenters.